The molecule has 5 nitrogen and oxygen atoms in total. The standard InChI is InChI=1S/C22H29N3O2S/c1-25(2)19(18-15-28-20-11-7-6-10-17(18)20)14-24-22(27)21(26)23-13-12-16-8-4-3-5-9-16/h6-8,10-11,15,19H,3-5,9,12-14H2,1-2H3,(H,23,26)(H,24,27)/t19-/m0/s1. The molecule has 6 heteroatoms. The van der Waals surface area contributed by atoms with Crippen LogP contribution in [-0.4, -0.2) is 43.9 Å². The number of allylic oxidation sites excluding steroid dienone is 1. The normalized spacial score (nSPS) is 15.3. The maximum absolute atomic E-state index is 12.2. The van der Waals surface area contributed by atoms with Gasteiger partial charge in [0.15, 0.2) is 0 Å². The average Bonchev–Trinajstić information content (AvgIpc) is 3.12. The molecule has 150 valence electrons. The first-order valence-electron chi connectivity index (χ1n) is 9.92. The second-order valence-corrected chi connectivity index (χ2v) is 8.40. The number of benzene rings is 1. The highest BCUT2D eigenvalue weighted by Gasteiger charge is 2.21. The summed E-state index contributed by atoms with van der Waals surface area (Å²) in [6, 6.07) is 8.28. The number of carbonyl (C=O) groups is 2. The number of likely N-dealkylation sites (N-methyl/N-ethyl adjacent to an activating group) is 1. The van der Waals surface area contributed by atoms with E-state index in [-0.39, 0.29) is 6.04 Å². The van der Waals surface area contributed by atoms with Crippen LogP contribution in [0.2, 0.25) is 0 Å². The maximum Gasteiger partial charge on any atom is 0.309 e. The van der Waals surface area contributed by atoms with Gasteiger partial charge in [-0.15, -0.1) is 11.3 Å². The lowest BCUT2D eigenvalue weighted by Gasteiger charge is -2.24. The summed E-state index contributed by atoms with van der Waals surface area (Å²) in [5.74, 6) is -1.12. The summed E-state index contributed by atoms with van der Waals surface area (Å²) in [6.07, 6.45) is 7.82. The van der Waals surface area contributed by atoms with Crippen molar-refractivity contribution in [2.45, 2.75) is 38.1 Å². The third-order valence-corrected chi connectivity index (χ3v) is 6.25. The number of amides is 2. The van der Waals surface area contributed by atoms with E-state index in [2.05, 4.69) is 39.1 Å². The fraction of sp³-hybridized carbons (Fsp3) is 0.455. The van der Waals surface area contributed by atoms with Crippen LogP contribution in [0.25, 0.3) is 10.1 Å². The fourth-order valence-electron chi connectivity index (χ4n) is 3.65. The molecular formula is C22H29N3O2S. The van der Waals surface area contributed by atoms with Gasteiger partial charge in [-0.3, -0.25) is 9.59 Å². The van der Waals surface area contributed by atoms with Gasteiger partial charge in [0.1, 0.15) is 0 Å². The Morgan fingerprint density at radius 1 is 1.14 bits per heavy atom. The van der Waals surface area contributed by atoms with Gasteiger partial charge in [-0.2, -0.15) is 0 Å². The number of thiophene rings is 1. The number of nitrogens with zero attached hydrogens (tertiary/aromatic N) is 1. The maximum atomic E-state index is 12.2. The first-order chi connectivity index (χ1) is 13.6. The molecule has 2 aromatic rings. The molecule has 1 heterocycles. The van der Waals surface area contributed by atoms with E-state index in [9.17, 15) is 9.59 Å². The molecule has 1 aliphatic rings. The van der Waals surface area contributed by atoms with Gasteiger partial charge in [0.05, 0.1) is 6.04 Å². The van der Waals surface area contributed by atoms with Gasteiger partial charge in [-0.05, 0) is 68.6 Å². The van der Waals surface area contributed by atoms with Crippen molar-refractivity contribution in [1.82, 2.24) is 15.5 Å². The quantitative estimate of drug-likeness (QED) is 0.552. The minimum atomic E-state index is -0.566. The summed E-state index contributed by atoms with van der Waals surface area (Å²) < 4.78 is 1.23. The highest BCUT2D eigenvalue weighted by molar-refractivity contribution is 7.17. The van der Waals surface area contributed by atoms with Gasteiger partial charge in [0.2, 0.25) is 0 Å². The van der Waals surface area contributed by atoms with Crippen LogP contribution in [0.5, 0.6) is 0 Å². The molecule has 0 bridgehead atoms. The first-order valence-corrected chi connectivity index (χ1v) is 10.8. The van der Waals surface area contributed by atoms with Crippen molar-refractivity contribution < 1.29 is 9.59 Å². The number of hydrogen-bond acceptors (Lipinski definition) is 4. The molecular weight excluding hydrogens is 370 g/mol. The summed E-state index contributed by atoms with van der Waals surface area (Å²) in [7, 11) is 3.97. The molecule has 1 aliphatic carbocycles. The van der Waals surface area contributed by atoms with Gasteiger partial charge in [-0.25, -0.2) is 0 Å². The minimum Gasteiger partial charge on any atom is -0.348 e. The second kappa shape index (κ2) is 9.85. The van der Waals surface area contributed by atoms with Gasteiger partial charge in [0, 0.05) is 17.8 Å². The third kappa shape index (κ3) is 5.20. The van der Waals surface area contributed by atoms with Crippen molar-refractivity contribution in [2.24, 2.45) is 0 Å². The Labute approximate surface area is 170 Å². The zero-order chi connectivity index (χ0) is 19.9. The Kier molecular flexibility index (Phi) is 7.23. The molecule has 0 saturated heterocycles. The molecule has 0 saturated carbocycles. The zero-order valence-corrected chi connectivity index (χ0v) is 17.5. The lowest BCUT2D eigenvalue weighted by Crippen LogP contribution is -2.43. The minimum absolute atomic E-state index is 0.0142. The highest BCUT2D eigenvalue weighted by Crippen LogP contribution is 2.31. The summed E-state index contributed by atoms with van der Waals surface area (Å²) in [5, 5.41) is 8.88. The van der Waals surface area contributed by atoms with Crippen LogP contribution in [0.4, 0.5) is 0 Å². The zero-order valence-electron chi connectivity index (χ0n) is 16.7. The molecule has 0 radical (unpaired) electrons. The van der Waals surface area contributed by atoms with Crippen LogP contribution in [0.3, 0.4) is 0 Å². The topological polar surface area (TPSA) is 61.4 Å². The van der Waals surface area contributed by atoms with Crippen LogP contribution >= 0.6 is 11.3 Å². The van der Waals surface area contributed by atoms with Crippen molar-refractivity contribution >= 4 is 33.2 Å². The van der Waals surface area contributed by atoms with Crippen molar-refractivity contribution in [3.63, 3.8) is 0 Å². The largest absolute Gasteiger partial charge is 0.348 e. The molecule has 1 aromatic heterocycles. The molecule has 0 spiro atoms. The molecule has 0 fully saturated rings. The Hall–Kier alpha value is -2.18. The van der Waals surface area contributed by atoms with Crippen molar-refractivity contribution in [3.05, 3.63) is 46.9 Å². The van der Waals surface area contributed by atoms with E-state index in [0.717, 1.165) is 19.3 Å². The monoisotopic (exact) mass is 399 g/mol. The SMILES string of the molecule is CN(C)[C@@H](CNC(=O)C(=O)NCCC1=CCCCC1)c1csc2ccccc12. The predicted molar refractivity (Wildman–Crippen MR) is 115 cm³/mol. The number of hydrogen-bond donors (Lipinski definition) is 2. The first kappa shape index (κ1) is 20.6. The number of nitrogens with one attached hydrogen (secondary N) is 2. The summed E-state index contributed by atoms with van der Waals surface area (Å²) >= 11 is 1.70. The molecule has 2 amide bonds. The van der Waals surface area contributed by atoms with Gasteiger partial charge in [-0.1, -0.05) is 29.8 Å². The summed E-state index contributed by atoms with van der Waals surface area (Å²) in [4.78, 5) is 26.4. The van der Waals surface area contributed by atoms with E-state index in [1.54, 1.807) is 11.3 Å². The van der Waals surface area contributed by atoms with Crippen LogP contribution in [0.1, 0.15) is 43.7 Å². The lowest BCUT2D eigenvalue weighted by atomic mass is 9.97. The van der Waals surface area contributed by atoms with Gasteiger partial charge in [0.25, 0.3) is 0 Å². The van der Waals surface area contributed by atoms with Crippen LogP contribution in [-0.2, 0) is 9.59 Å². The predicted octanol–water partition coefficient (Wildman–Crippen LogP) is 3.63. The lowest BCUT2D eigenvalue weighted by molar-refractivity contribution is -0.139. The summed E-state index contributed by atoms with van der Waals surface area (Å²) in [5.41, 5.74) is 2.57. The number of fused-ring (bicyclic) bond motifs is 1. The fourth-order valence-corrected chi connectivity index (χ4v) is 4.65. The molecule has 2 N–H and O–H groups in total. The van der Waals surface area contributed by atoms with E-state index in [0.29, 0.717) is 13.1 Å². The van der Waals surface area contributed by atoms with E-state index in [4.69, 9.17) is 0 Å². The Balaban J connectivity index is 1.52. The molecule has 0 aliphatic heterocycles. The molecule has 28 heavy (non-hydrogen) atoms. The second-order valence-electron chi connectivity index (χ2n) is 7.49. The van der Waals surface area contributed by atoms with Crippen molar-refractivity contribution in [2.75, 3.05) is 27.2 Å². The van der Waals surface area contributed by atoms with Gasteiger partial charge < -0.3 is 15.5 Å². The van der Waals surface area contributed by atoms with E-state index in [1.165, 1.54) is 34.1 Å². The summed E-state index contributed by atoms with van der Waals surface area (Å²) in [6.45, 7) is 0.912. The van der Waals surface area contributed by atoms with E-state index < -0.39 is 11.8 Å². The van der Waals surface area contributed by atoms with E-state index in [1.807, 2.05) is 26.2 Å². The Bertz CT molecular complexity index is 856. The van der Waals surface area contributed by atoms with Crippen molar-refractivity contribution in [1.29, 1.82) is 0 Å². The van der Waals surface area contributed by atoms with Gasteiger partial charge >= 0.3 is 11.8 Å². The smallest absolute Gasteiger partial charge is 0.309 e. The van der Waals surface area contributed by atoms with E-state index >= 15 is 0 Å². The molecule has 1 aromatic carbocycles. The Morgan fingerprint density at radius 2 is 1.93 bits per heavy atom. The Morgan fingerprint density at radius 3 is 2.68 bits per heavy atom. The molecule has 1 atom stereocenters. The molecule has 3 rings (SSSR count). The van der Waals surface area contributed by atoms with Crippen LogP contribution in [0.15, 0.2) is 41.3 Å². The van der Waals surface area contributed by atoms with Crippen molar-refractivity contribution in [3.8, 4) is 0 Å². The molecule has 0 unspecified atom stereocenters. The van der Waals surface area contributed by atoms with Crippen LogP contribution in [0, 0.1) is 0 Å². The highest BCUT2D eigenvalue weighted by atomic mass is 32.1. The van der Waals surface area contributed by atoms with Crippen LogP contribution < -0.4 is 10.6 Å². The third-order valence-electron chi connectivity index (χ3n) is 5.27. The average molecular weight is 400 g/mol. The number of rotatable bonds is 7. The number of carbonyl (C=O) groups excluding carboxylic acids is 2.